The third-order valence-corrected chi connectivity index (χ3v) is 11.4. The fourth-order valence-corrected chi connectivity index (χ4v) is 9.26. The van der Waals surface area contributed by atoms with Crippen molar-refractivity contribution < 1.29 is 37.3 Å². The number of methoxy groups -OCH3 is 1. The van der Waals surface area contributed by atoms with E-state index in [1.54, 1.807) is 24.3 Å². The second-order valence-electron chi connectivity index (χ2n) is 16.0. The Morgan fingerprint density at radius 1 is 1.06 bits per heavy atom. The second kappa shape index (κ2) is 12.8. The Kier molecular flexibility index (Phi) is 8.26. The van der Waals surface area contributed by atoms with Crippen LogP contribution in [0.2, 0.25) is 0 Å². The number of carbonyl (C=O) groups excluding carboxylic acids is 1. The average molecular weight is 731 g/mol. The number of anilines is 1. The number of halogens is 2. The molecule has 5 aliphatic rings. The normalized spacial score (nSPS) is 26.4. The van der Waals surface area contributed by atoms with E-state index in [0.717, 1.165) is 32.2 Å². The Balaban J connectivity index is 1.17. The van der Waals surface area contributed by atoms with Crippen LogP contribution in [0.3, 0.4) is 0 Å². The predicted octanol–water partition coefficient (Wildman–Crippen LogP) is 6.27. The third kappa shape index (κ3) is 5.94. The van der Waals surface area contributed by atoms with Crippen LogP contribution in [0, 0.1) is 5.82 Å². The van der Waals surface area contributed by atoms with Crippen LogP contribution in [0.1, 0.15) is 52.9 Å². The smallest absolute Gasteiger partial charge is 0.410 e. The lowest BCUT2D eigenvalue weighted by Crippen LogP contribution is -2.63. The van der Waals surface area contributed by atoms with Gasteiger partial charge in [-0.05, 0) is 82.7 Å². The van der Waals surface area contributed by atoms with Gasteiger partial charge in [0.15, 0.2) is 6.79 Å². The average Bonchev–Trinajstić information content (AvgIpc) is 3.72. The van der Waals surface area contributed by atoms with Crippen molar-refractivity contribution in [3.8, 4) is 28.9 Å². The minimum Gasteiger partial charge on any atom is -0.475 e. The van der Waals surface area contributed by atoms with Gasteiger partial charge in [0, 0.05) is 37.6 Å². The molecule has 280 valence electrons. The van der Waals surface area contributed by atoms with Gasteiger partial charge in [0.2, 0.25) is 5.88 Å². The first-order valence-corrected chi connectivity index (χ1v) is 18.5. The number of fused-ring (bicyclic) bond motifs is 7. The molecule has 2 aromatic heterocycles. The molecule has 9 rings (SSSR count). The molecule has 0 unspecified atom stereocenters. The van der Waals surface area contributed by atoms with E-state index in [2.05, 4.69) is 9.80 Å². The zero-order valence-electron chi connectivity index (χ0n) is 30.4. The molecule has 4 fully saturated rings. The van der Waals surface area contributed by atoms with Crippen LogP contribution in [0.25, 0.3) is 32.9 Å². The number of carbonyl (C=O) groups is 1. The van der Waals surface area contributed by atoms with E-state index >= 15 is 4.39 Å². The van der Waals surface area contributed by atoms with Gasteiger partial charge >= 0.3 is 12.1 Å². The number of pyridine rings is 1. The summed E-state index contributed by atoms with van der Waals surface area (Å²) in [7, 11) is 1.53. The minimum absolute atomic E-state index is 0.0127. The van der Waals surface area contributed by atoms with Crippen molar-refractivity contribution in [2.75, 3.05) is 51.7 Å². The van der Waals surface area contributed by atoms with Crippen LogP contribution < -0.4 is 19.1 Å². The maximum absolute atomic E-state index is 15.6. The summed E-state index contributed by atoms with van der Waals surface area (Å²) in [6.45, 7) is 7.86. The van der Waals surface area contributed by atoms with Crippen LogP contribution in [-0.2, 0) is 9.47 Å². The highest BCUT2D eigenvalue weighted by molar-refractivity contribution is 6.01. The van der Waals surface area contributed by atoms with Crippen LogP contribution in [0.5, 0.6) is 17.6 Å². The van der Waals surface area contributed by atoms with Crippen LogP contribution in [0.4, 0.5) is 19.4 Å². The van der Waals surface area contributed by atoms with E-state index in [-0.39, 0.29) is 50.2 Å². The van der Waals surface area contributed by atoms with E-state index in [9.17, 15) is 9.18 Å². The topological polar surface area (TPSA) is 112 Å². The van der Waals surface area contributed by atoms with Crippen molar-refractivity contribution in [1.29, 1.82) is 0 Å². The van der Waals surface area contributed by atoms with Crippen molar-refractivity contribution in [3.63, 3.8) is 0 Å². The van der Waals surface area contributed by atoms with E-state index < -0.39 is 23.1 Å². The molecular weight excluding hydrogens is 686 g/mol. The lowest BCUT2D eigenvalue weighted by atomic mass is 9.95. The lowest BCUT2D eigenvalue weighted by molar-refractivity contribution is 0.00537. The molecule has 0 N–H and O–H groups in total. The van der Waals surface area contributed by atoms with Crippen molar-refractivity contribution in [2.24, 2.45) is 0 Å². The molecule has 4 saturated heterocycles. The number of alkyl halides is 1. The SMILES string of the molecule is COCOc1cc(-c2cc3nc(OC[C@@]45CCCN4C[C@H](F)C5)nc4c3c(n2)OC[C@@H]2[C@H]3CC[C@@H](CN42)N3C(=O)OC(C)(C)C)c2c(F)cccc2c1. The number of rotatable bonds is 7. The molecule has 5 atom stereocenters. The van der Waals surface area contributed by atoms with Gasteiger partial charge in [-0.2, -0.15) is 9.97 Å². The fraction of sp³-hybridized carbons (Fsp3) is 0.538. The van der Waals surface area contributed by atoms with E-state index in [1.807, 2.05) is 31.7 Å². The van der Waals surface area contributed by atoms with E-state index in [4.69, 9.17) is 38.6 Å². The molecule has 5 aliphatic heterocycles. The molecule has 0 aliphatic carbocycles. The van der Waals surface area contributed by atoms with Crippen molar-refractivity contribution >= 4 is 33.6 Å². The van der Waals surface area contributed by atoms with Gasteiger partial charge in [-0.3, -0.25) is 9.80 Å². The Morgan fingerprint density at radius 3 is 2.75 bits per heavy atom. The maximum atomic E-state index is 15.6. The van der Waals surface area contributed by atoms with Crippen LogP contribution >= 0.6 is 0 Å². The highest BCUT2D eigenvalue weighted by Crippen LogP contribution is 2.46. The van der Waals surface area contributed by atoms with Gasteiger partial charge in [0.05, 0.1) is 34.9 Å². The number of hydrogen-bond donors (Lipinski definition) is 0. The Morgan fingerprint density at radius 2 is 1.92 bits per heavy atom. The van der Waals surface area contributed by atoms with E-state index in [0.29, 0.717) is 69.9 Å². The summed E-state index contributed by atoms with van der Waals surface area (Å²) in [6.07, 6.45) is 2.61. The highest BCUT2D eigenvalue weighted by atomic mass is 19.1. The second-order valence-corrected chi connectivity index (χ2v) is 16.0. The largest absolute Gasteiger partial charge is 0.475 e. The molecule has 7 heterocycles. The number of piperazine rings is 1. The molecule has 2 bridgehead atoms. The third-order valence-electron chi connectivity index (χ3n) is 11.4. The summed E-state index contributed by atoms with van der Waals surface area (Å²) >= 11 is 0. The summed E-state index contributed by atoms with van der Waals surface area (Å²) < 4.78 is 60.2. The molecule has 14 heteroatoms. The van der Waals surface area contributed by atoms with Gasteiger partial charge in [0.25, 0.3) is 0 Å². The summed E-state index contributed by atoms with van der Waals surface area (Å²) in [5.41, 5.74) is 0.392. The van der Waals surface area contributed by atoms with Crippen LogP contribution in [0.15, 0.2) is 36.4 Å². The quantitative estimate of drug-likeness (QED) is 0.201. The molecule has 0 radical (unpaired) electrons. The van der Waals surface area contributed by atoms with Gasteiger partial charge in [-0.15, -0.1) is 0 Å². The fourth-order valence-electron chi connectivity index (χ4n) is 9.26. The minimum atomic E-state index is -0.897. The molecule has 1 amide bonds. The monoisotopic (exact) mass is 730 g/mol. The summed E-state index contributed by atoms with van der Waals surface area (Å²) in [4.78, 5) is 34.8. The lowest BCUT2D eigenvalue weighted by Gasteiger charge is -2.46. The van der Waals surface area contributed by atoms with Crippen molar-refractivity contribution in [2.45, 2.75) is 88.3 Å². The van der Waals surface area contributed by atoms with Crippen molar-refractivity contribution in [3.05, 3.63) is 42.2 Å². The highest BCUT2D eigenvalue weighted by Gasteiger charge is 2.52. The molecule has 12 nitrogen and oxygen atoms in total. The summed E-state index contributed by atoms with van der Waals surface area (Å²) in [5, 5.41) is 1.62. The predicted molar refractivity (Wildman–Crippen MR) is 193 cm³/mol. The summed E-state index contributed by atoms with van der Waals surface area (Å²) in [5.74, 6) is 0.985. The number of amides is 1. The van der Waals surface area contributed by atoms with Gasteiger partial charge < -0.3 is 28.6 Å². The molecule has 53 heavy (non-hydrogen) atoms. The molecule has 2 aromatic carbocycles. The maximum Gasteiger partial charge on any atom is 0.410 e. The number of benzene rings is 2. The van der Waals surface area contributed by atoms with Gasteiger partial charge in [-0.25, -0.2) is 18.6 Å². The Bertz CT molecular complexity index is 2100. The molecular formula is C39H44F2N6O6. The zero-order chi connectivity index (χ0) is 36.6. The first kappa shape index (κ1) is 34.2. The standard InChI is InChI=1S/C39H44F2N6O6/c1-38(2,3)53-37(48)47-24-9-10-30(47)31-19-50-35-33-29(15-28(42-35)26-14-25(52-21-49-4)13-22-7-5-8-27(41)32(22)26)43-36(44-34(33)46(31)18-24)51-20-39-11-6-12-45(39)17-23(40)16-39/h5,7-8,13-15,23-24,30-31H,6,9-12,16-21H2,1-4H3/t23-,24+,30-,31-,39+/m1/s1. The number of aromatic nitrogens is 3. The molecule has 4 aromatic rings. The Hall–Kier alpha value is -4.56. The van der Waals surface area contributed by atoms with E-state index in [1.165, 1.54) is 13.2 Å². The first-order valence-electron chi connectivity index (χ1n) is 18.5. The number of hydrogen-bond acceptors (Lipinski definition) is 11. The van der Waals surface area contributed by atoms with Gasteiger partial charge in [0.1, 0.15) is 47.8 Å². The summed E-state index contributed by atoms with van der Waals surface area (Å²) in [6, 6.07) is 9.82. The van der Waals surface area contributed by atoms with Crippen molar-refractivity contribution in [1.82, 2.24) is 24.8 Å². The van der Waals surface area contributed by atoms with Gasteiger partial charge in [-0.1, -0.05) is 12.1 Å². The Labute approximate surface area is 306 Å². The number of nitrogens with zero attached hydrogens (tertiary/aromatic N) is 6. The number of ether oxygens (including phenoxy) is 5. The van der Waals surface area contributed by atoms with Crippen LogP contribution in [-0.4, -0.2) is 113 Å². The zero-order valence-corrected chi connectivity index (χ0v) is 30.4. The molecule has 0 saturated carbocycles. The molecule has 0 spiro atoms. The first-order chi connectivity index (χ1) is 25.5.